The van der Waals surface area contributed by atoms with Gasteiger partial charge in [0.25, 0.3) is 0 Å². The maximum absolute atomic E-state index is 12.6. The lowest BCUT2D eigenvalue weighted by atomic mass is 10.1. The Balaban J connectivity index is 1.25. The van der Waals surface area contributed by atoms with E-state index >= 15 is 0 Å². The van der Waals surface area contributed by atoms with Crippen LogP contribution in [0.1, 0.15) is 36.8 Å². The van der Waals surface area contributed by atoms with Crippen molar-refractivity contribution in [3.05, 3.63) is 71.9 Å². The Hall–Kier alpha value is -2.96. The van der Waals surface area contributed by atoms with Crippen molar-refractivity contribution in [2.45, 2.75) is 44.8 Å². The molecular formula is C28H36N4O2. The summed E-state index contributed by atoms with van der Waals surface area (Å²) in [6, 6.07) is 18.6. The highest BCUT2D eigenvalue weighted by atomic mass is 16.5. The molecule has 1 fully saturated rings. The molecule has 0 unspecified atom stereocenters. The van der Waals surface area contributed by atoms with Crippen LogP contribution in [0.2, 0.25) is 0 Å². The predicted octanol–water partition coefficient (Wildman–Crippen LogP) is 4.24. The van der Waals surface area contributed by atoms with Gasteiger partial charge in [-0.3, -0.25) is 19.6 Å². The molecule has 1 atom stereocenters. The van der Waals surface area contributed by atoms with Gasteiger partial charge >= 0.3 is 0 Å². The molecule has 0 radical (unpaired) electrons. The van der Waals surface area contributed by atoms with Crippen LogP contribution >= 0.6 is 0 Å². The molecule has 180 valence electrons. The largest absolute Gasteiger partial charge is 0.492 e. The van der Waals surface area contributed by atoms with Crippen molar-refractivity contribution in [2.24, 2.45) is 0 Å². The fraction of sp³-hybridized carbons (Fsp3) is 0.429. The molecule has 4 rings (SSSR count). The van der Waals surface area contributed by atoms with Gasteiger partial charge in [-0.15, -0.1) is 0 Å². The van der Waals surface area contributed by atoms with E-state index in [-0.39, 0.29) is 11.9 Å². The highest BCUT2D eigenvalue weighted by Crippen LogP contribution is 2.20. The number of ether oxygens (including phenoxy) is 1. The molecular weight excluding hydrogens is 424 g/mol. The van der Waals surface area contributed by atoms with Gasteiger partial charge in [-0.25, -0.2) is 0 Å². The van der Waals surface area contributed by atoms with Gasteiger partial charge in [0.05, 0.1) is 18.1 Å². The van der Waals surface area contributed by atoms with Gasteiger partial charge in [0.15, 0.2) is 0 Å². The first-order chi connectivity index (χ1) is 16.6. The number of carbonyl (C=O) groups is 1. The van der Waals surface area contributed by atoms with Gasteiger partial charge in [-0.05, 0) is 62.8 Å². The van der Waals surface area contributed by atoms with E-state index in [1.54, 1.807) is 0 Å². The number of fused-ring (bicyclic) bond motifs is 1. The lowest BCUT2D eigenvalue weighted by Gasteiger charge is -2.24. The van der Waals surface area contributed by atoms with E-state index in [0.29, 0.717) is 13.2 Å². The second kappa shape index (κ2) is 12.0. The molecule has 0 spiro atoms. The number of aromatic nitrogens is 1. The topological polar surface area (TPSA) is 57.7 Å². The van der Waals surface area contributed by atoms with Crippen molar-refractivity contribution in [1.82, 2.24) is 20.1 Å². The van der Waals surface area contributed by atoms with E-state index in [9.17, 15) is 4.79 Å². The minimum Gasteiger partial charge on any atom is -0.492 e. The molecule has 3 aromatic rings. The van der Waals surface area contributed by atoms with Crippen molar-refractivity contribution < 1.29 is 9.53 Å². The molecule has 6 heteroatoms. The van der Waals surface area contributed by atoms with Crippen LogP contribution in [0, 0.1) is 0 Å². The van der Waals surface area contributed by atoms with Crippen molar-refractivity contribution in [1.29, 1.82) is 0 Å². The molecule has 6 nitrogen and oxygen atoms in total. The van der Waals surface area contributed by atoms with E-state index in [1.165, 1.54) is 29.4 Å². The summed E-state index contributed by atoms with van der Waals surface area (Å²) in [5, 5.41) is 4.22. The van der Waals surface area contributed by atoms with Gasteiger partial charge in [-0.1, -0.05) is 49.2 Å². The van der Waals surface area contributed by atoms with E-state index < -0.39 is 0 Å². The maximum atomic E-state index is 12.6. The summed E-state index contributed by atoms with van der Waals surface area (Å²) in [5.41, 5.74) is 3.48. The molecule has 1 amide bonds. The smallest absolute Gasteiger partial charge is 0.237 e. The number of hydrogen-bond donors (Lipinski definition) is 1. The summed E-state index contributed by atoms with van der Waals surface area (Å²) in [5.74, 6) is 0.949. The molecule has 1 N–H and O–H groups in total. The molecule has 34 heavy (non-hydrogen) atoms. The predicted molar refractivity (Wildman–Crippen MR) is 137 cm³/mol. The second-order valence-electron chi connectivity index (χ2n) is 9.30. The zero-order chi connectivity index (χ0) is 23.8. The van der Waals surface area contributed by atoms with Crippen LogP contribution in [0.25, 0.3) is 10.9 Å². The Kier molecular flexibility index (Phi) is 8.50. The Bertz CT molecular complexity index is 1080. The number of nitrogens with zero attached hydrogens (tertiary/aromatic N) is 3. The van der Waals surface area contributed by atoms with Gasteiger partial charge in [0.1, 0.15) is 12.4 Å². The maximum Gasteiger partial charge on any atom is 0.237 e. The lowest BCUT2D eigenvalue weighted by molar-refractivity contribution is -0.126. The van der Waals surface area contributed by atoms with Crippen LogP contribution in [-0.2, 0) is 17.9 Å². The average Bonchev–Trinajstić information content (AvgIpc) is 3.06. The van der Waals surface area contributed by atoms with Gasteiger partial charge in [-0.2, -0.15) is 0 Å². The minimum atomic E-state index is -0.0155. The Morgan fingerprint density at radius 2 is 1.97 bits per heavy atom. The van der Waals surface area contributed by atoms with Crippen LogP contribution in [0.15, 0.2) is 60.8 Å². The first-order valence-electron chi connectivity index (χ1n) is 12.3. The Labute approximate surface area is 202 Å². The normalized spacial score (nSPS) is 17.0. The second-order valence-corrected chi connectivity index (χ2v) is 9.30. The first kappa shape index (κ1) is 24.2. The van der Waals surface area contributed by atoms with E-state index in [1.807, 2.05) is 31.4 Å². The average molecular weight is 461 g/mol. The lowest BCUT2D eigenvalue weighted by Crippen LogP contribution is -2.45. The third-order valence-corrected chi connectivity index (χ3v) is 6.50. The van der Waals surface area contributed by atoms with E-state index in [4.69, 9.17) is 4.74 Å². The Morgan fingerprint density at radius 1 is 1.12 bits per heavy atom. The van der Waals surface area contributed by atoms with Crippen molar-refractivity contribution in [2.75, 3.05) is 33.8 Å². The number of para-hydroxylation sites is 1. The van der Waals surface area contributed by atoms with Crippen LogP contribution in [0.4, 0.5) is 0 Å². The molecule has 2 heterocycles. The zero-order valence-electron chi connectivity index (χ0n) is 20.4. The van der Waals surface area contributed by atoms with Crippen molar-refractivity contribution in [3.8, 4) is 5.75 Å². The quantitative estimate of drug-likeness (QED) is 0.484. The van der Waals surface area contributed by atoms with Crippen LogP contribution in [0.5, 0.6) is 5.75 Å². The summed E-state index contributed by atoms with van der Waals surface area (Å²) in [6.07, 6.45) is 6.30. The van der Waals surface area contributed by atoms with Gasteiger partial charge in [0.2, 0.25) is 5.91 Å². The van der Waals surface area contributed by atoms with Gasteiger partial charge < -0.3 is 10.1 Å². The number of rotatable bonds is 9. The van der Waals surface area contributed by atoms with Gasteiger partial charge in [0, 0.05) is 24.7 Å². The highest BCUT2D eigenvalue weighted by molar-refractivity contribution is 5.82. The third kappa shape index (κ3) is 6.55. The number of benzene rings is 2. The van der Waals surface area contributed by atoms with E-state index in [0.717, 1.165) is 43.7 Å². The standard InChI is InChI=1S/C28H36N4O2/c1-31(21-24-11-7-10-23-12-8-15-29-27(23)24)20-22-9-6-13-25(19-22)34-18-16-30-28(33)26-14-4-3-5-17-32(26)2/h6-13,15,19,26H,3-5,14,16-18,20-21H2,1-2H3,(H,30,33)/t26-/m0/s1. The monoisotopic (exact) mass is 460 g/mol. The number of carbonyl (C=O) groups excluding carboxylic acids is 1. The first-order valence-corrected chi connectivity index (χ1v) is 12.3. The van der Waals surface area contributed by atoms with Crippen LogP contribution < -0.4 is 10.1 Å². The van der Waals surface area contributed by atoms with E-state index in [2.05, 4.69) is 63.5 Å². The molecule has 1 aliphatic heterocycles. The fourth-order valence-corrected chi connectivity index (χ4v) is 4.73. The minimum absolute atomic E-state index is 0.0155. The number of likely N-dealkylation sites (N-methyl/N-ethyl adjacent to an activating group) is 1. The molecule has 1 aliphatic rings. The number of amides is 1. The number of likely N-dealkylation sites (tertiary alicyclic amines) is 1. The zero-order valence-corrected chi connectivity index (χ0v) is 20.4. The molecule has 2 aromatic carbocycles. The van der Waals surface area contributed by atoms with Crippen LogP contribution in [-0.4, -0.2) is 60.5 Å². The molecule has 0 bridgehead atoms. The third-order valence-electron chi connectivity index (χ3n) is 6.50. The van der Waals surface area contributed by atoms with Crippen molar-refractivity contribution in [3.63, 3.8) is 0 Å². The molecule has 0 saturated carbocycles. The summed E-state index contributed by atoms with van der Waals surface area (Å²) in [7, 11) is 4.17. The SMILES string of the molecule is CN(Cc1cccc(OCCNC(=O)[C@@H]2CCCCCN2C)c1)Cc1cccc2cccnc12. The molecule has 1 aromatic heterocycles. The molecule has 0 aliphatic carbocycles. The summed E-state index contributed by atoms with van der Waals surface area (Å²) in [4.78, 5) is 21.6. The summed E-state index contributed by atoms with van der Waals surface area (Å²) < 4.78 is 5.94. The summed E-state index contributed by atoms with van der Waals surface area (Å²) in [6.45, 7) is 3.60. The Morgan fingerprint density at radius 3 is 2.88 bits per heavy atom. The number of hydrogen-bond acceptors (Lipinski definition) is 5. The number of nitrogens with one attached hydrogen (secondary N) is 1. The van der Waals surface area contributed by atoms with Crippen LogP contribution in [0.3, 0.4) is 0 Å². The molecule has 1 saturated heterocycles. The fourth-order valence-electron chi connectivity index (χ4n) is 4.73. The number of pyridine rings is 1. The summed E-state index contributed by atoms with van der Waals surface area (Å²) >= 11 is 0. The van der Waals surface area contributed by atoms with Crippen molar-refractivity contribution >= 4 is 16.8 Å². The highest BCUT2D eigenvalue weighted by Gasteiger charge is 2.24.